The van der Waals surface area contributed by atoms with E-state index in [0.717, 1.165) is 11.3 Å². The van der Waals surface area contributed by atoms with Crippen molar-refractivity contribution in [3.63, 3.8) is 0 Å². The van der Waals surface area contributed by atoms with Gasteiger partial charge in [-0.15, -0.1) is 0 Å². The number of aromatic hydroxyl groups is 1. The highest BCUT2D eigenvalue weighted by Crippen LogP contribution is 2.19. The van der Waals surface area contributed by atoms with Crippen LogP contribution in [0.2, 0.25) is 0 Å². The van der Waals surface area contributed by atoms with Gasteiger partial charge < -0.3 is 15.4 Å². The average molecular weight is 189 g/mol. The molecule has 4 heteroatoms. The Labute approximate surface area is 81.6 Å². The van der Waals surface area contributed by atoms with Crippen LogP contribution in [0.15, 0.2) is 36.9 Å². The molecule has 0 spiro atoms. The summed E-state index contributed by atoms with van der Waals surface area (Å²) in [6, 6.07) is 5.30. The summed E-state index contributed by atoms with van der Waals surface area (Å²) in [5.41, 5.74) is 7.17. The number of rotatable bonds is 2. The molecule has 0 radical (unpaired) electrons. The van der Waals surface area contributed by atoms with Crippen LogP contribution < -0.4 is 5.73 Å². The molecule has 0 unspecified atom stereocenters. The van der Waals surface area contributed by atoms with Gasteiger partial charge in [-0.2, -0.15) is 0 Å². The van der Waals surface area contributed by atoms with Crippen molar-refractivity contribution < 1.29 is 5.11 Å². The molecular weight excluding hydrogens is 178 g/mol. The van der Waals surface area contributed by atoms with Gasteiger partial charge in [-0.3, -0.25) is 0 Å². The van der Waals surface area contributed by atoms with Crippen LogP contribution in [0.25, 0.3) is 5.69 Å². The molecule has 0 saturated heterocycles. The number of hydrogen-bond donors (Lipinski definition) is 2. The predicted molar refractivity (Wildman–Crippen MR) is 53.1 cm³/mol. The number of nitrogens with two attached hydrogens (primary N) is 1. The standard InChI is InChI=1S/C10H11N3O/c11-6-8-5-9(1-2-10(8)14)13-4-3-12-7-13/h1-5,7,14H,6,11H2. The molecular formula is C10H11N3O. The highest BCUT2D eigenvalue weighted by Gasteiger charge is 2.01. The van der Waals surface area contributed by atoms with Crippen molar-refractivity contribution in [3.8, 4) is 11.4 Å². The van der Waals surface area contributed by atoms with Gasteiger partial charge in [0.2, 0.25) is 0 Å². The minimum atomic E-state index is 0.233. The zero-order valence-corrected chi connectivity index (χ0v) is 7.59. The third kappa shape index (κ3) is 1.47. The van der Waals surface area contributed by atoms with Crippen LogP contribution in [0.4, 0.5) is 0 Å². The van der Waals surface area contributed by atoms with Crippen molar-refractivity contribution in [1.82, 2.24) is 9.55 Å². The molecule has 0 fully saturated rings. The molecule has 0 aliphatic rings. The number of hydrogen-bond acceptors (Lipinski definition) is 3. The van der Waals surface area contributed by atoms with E-state index >= 15 is 0 Å². The predicted octanol–water partition coefficient (Wildman–Crippen LogP) is 1.04. The first kappa shape index (κ1) is 8.77. The molecule has 72 valence electrons. The second-order valence-corrected chi connectivity index (χ2v) is 2.99. The number of imidazole rings is 1. The summed E-state index contributed by atoms with van der Waals surface area (Å²) in [4.78, 5) is 3.95. The molecule has 0 bridgehead atoms. The van der Waals surface area contributed by atoms with E-state index in [1.807, 2.05) is 22.9 Å². The maximum absolute atomic E-state index is 9.43. The molecule has 0 amide bonds. The highest BCUT2D eigenvalue weighted by atomic mass is 16.3. The second kappa shape index (κ2) is 3.51. The fourth-order valence-electron chi connectivity index (χ4n) is 1.31. The van der Waals surface area contributed by atoms with E-state index in [2.05, 4.69) is 4.98 Å². The van der Waals surface area contributed by atoms with Gasteiger partial charge in [0.1, 0.15) is 5.75 Å². The third-order valence-corrected chi connectivity index (χ3v) is 2.09. The Kier molecular flexibility index (Phi) is 2.20. The summed E-state index contributed by atoms with van der Waals surface area (Å²) in [5.74, 6) is 0.233. The Hall–Kier alpha value is -1.81. The van der Waals surface area contributed by atoms with Crippen molar-refractivity contribution in [1.29, 1.82) is 0 Å². The first-order valence-electron chi connectivity index (χ1n) is 4.31. The van der Waals surface area contributed by atoms with Crippen LogP contribution in [0.1, 0.15) is 5.56 Å². The van der Waals surface area contributed by atoms with Crippen molar-refractivity contribution in [3.05, 3.63) is 42.5 Å². The molecule has 3 N–H and O–H groups in total. The molecule has 0 saturated carbocycles. The minimum absolute atomic E-state index is 0.233. The fourth-order valence-corrected chi connectivity index (χ4v) is 1.31. The van der Waals surface area contributed by atoms with E-state index < -0.39 is 0 Å². The van der Waals surface area contributed by atoms with E-state index in [1.165, 1.54) is 0 Å². The zero-order valence-electron chi connectivity index (χ0n) is 7.59. The lowest BCUT2D eigenvalue weighted by atomic mass is 10.2. The van der Waals surface area contributed by atoms with Crippen molar-refractivity contribution in [2.45, 2.75) is 6.54 Å². The normalized spacial score (nSPS) is 10.4. The lowest BCUT2D eigenvalue weighted by Crippen LogP contribution is -1.99. The summed E-state index contributed by atoms with van der Waals surface area (Å²) in [6.07, 6.45) is 5.24. The van der Waals surface area contributed by atoms with Crippen LogP contribution >= 0.6 is 0 Å². The minimum Gasteiger partial charge on any atom is -0.508 e. The van der Waals surface area contributed by atoms with Crippen molar-refractivity contribution in [2.75, 3.05) is 0 Å². The Bertz CT molecular complexity index is 423. The van der Waals surface area contributed by atoms with E-state index in [4.69, 9.17) is 5.73 Å². The second-order valence-electron chi connectivity index (χ2n) is 2.99. The van der Waals surface area contributed by atoms with E-state index in [-0.39, 0.29) is 5.75 Å². The van der Waals surface area contributed by atoms with Crippen LogP contribution in [-0.4, -0.2) is 14.7 Å². The Morgan fingerprint density at radius 2 is 2.29 bits per heavy atom. The fraction of sp³-hybridized carbons (Fsp3) is 0.100. The molecule has 1 aromatic carbocycles. The van der Waals surface area contributed by atoms with Gasteiger partial charge in [-0.05, 0) is 18.2 Å². The van der Waals surface area contributed by atoms with Crippen molar-refractivity contribution >= 4 is 0 Å². The summed E-state index contributed by atoms with van der Waals surface area (Å²) in [6.45, 7) is 0.328. The molecule has 0 atom stereocenters. The molecule has 0 aliphatic carbocycles. The monoisotopic (exact) mass is 189 g/mol. The molecule has 2 rings (SSSR count). The lowest BCUT2D eigenvalue weighted by Gasteiger charge is -2.06. The van der Waals surface area contributed by atoms with Gasteiger partial charge in [0.05, 0.1) is 6.33 Å². The number of phenols is 1. The first-order chi connectivity index (χ1) is 6.81. The van der Waals surface area contributed by atoms with Gasteiger partial charge in [0.15, 0.2) is 0 Å². The van der Waals surface area contributed by atoms with Gasteiger partial charge in [0, 0.05) is 30.2 Å². The van der Waals surface area contributed by atoms with Crippen LogP contribution in [0.3, 0.4) is 0 Å². The number of aromatic nitrogens is 2. The molecule has 1 aromatic heterocycles. The number of benzene rings is 1. The van der Waals surface area contributed by atoms with Crippen molar-refractivity contribution in [2.24, 2.45) is 5.73 Å². The van der Waals surface area contributed by atoms with E-state index in [0.29, 0.717) is 6.54 Å². The zero-order chi connectivity index (χ0) is 9.97. The highest BCUT2D eigenvalue weighted by molar-refractivity contribution is 5.43. The number of nitrogens with zero attached hydrogens (tertiary/aromatic N) is 2. The summed E-state index contributed by atoms with van der Waals surface area (Å²) in [5, 5.41) is 9.43. The Morgan fingerprint density at radius 3 is 2.93 bits per heavy atom. The number of phenolic OH excluding ortho intramolecular Hbond substituents is 1. The molecule has 2 aromatic rings. The van der Waals surface area contributed by atoms with Crippen LogP contribution in [0, 0.1) is 0 Å². The largest absolute Gasteiger partial charge is 0.508 e. The topological polar surface area (TPSA) is 64.1 Å². The molecule has 14 heavy (non-hydrogen) atoms. The van der Waals surface area contributed by atoms with Crippen LogP contribution in [-0.2, 0) is 6.54 Å². The maximum atomic E-state index is 9.43. The van der Waals surface area contributed by atoms with Crippen LogP contribution in [0.5, 0.6) is 5.75 Å². The summed E-state index contributed by atoms with van der Waals surface area (Å²) >= 11 is 0. The third-order valence-electron chi connectivity index (χ3n) is 2.09. The SMILES string of the molecule is NCc1cc(-n2ccnc2)ccc1O. The summed E-state index contributed by atoms with van der Waals surface area (Å²) < 4.78 is 1.86. The quantitative estimate of drug-likeness (QED) is 0.741. The van der Waals surface area contributed by atoms with E-state index in [9.17, 15) is 5.11 Å². The Morgan fingerprint density at radius 1 is 1.43 bits per heavy atom. The van der Waals surface area contributed by atoms with Gasteiger partial charge in [0.25, 0.3) is 0 Å². The Balaban J connectivity index is 2.46. The first-order valence-corrected chi connectivity index (χ1v) is 4.31. The maximum Gasteiger partial charge on any atom is 0.120 e. The molecule has 1 heterocycles. The van der Waals surface area contributed by atoms with Gasteiger partial charge in [-0.25, -0.2) is 4.98 Å². The lowest BCUT2D eigenvalue weighted by molar-refractivity contribution is 0.468. The smallest absolute Gasteiger partial charge is 0.120 e. The molecule has 0 aliphatic heterocycles. The average Bonchev–Trinajstić information content (AvgIpc) is 2.71. The van der Waals surface area contributed by atoms with Gasteiger partial charge >= 0.3 is 0 Å². The summed E-state index contributed by atoms with van der Waals surface area (Å²) in [7, 11) is 0. The van der Waals surface area contributed by atoms with Gasteiger partial charge in [-0.1, -0.05) is 0 Å². The molecule has 4 nitrogen and oxygen atoms in total. The van der Waals surface area contributed by atoms with E-state index in [1.54, 1.807) is 18.6 Å².